The number of hydrogen-bond acceptors (Lipinski definition) is 6. The fraction of sp³-hybridized carbons (Fsp3) is 0.500. The second kappa shape index (κ2) is 12.8. The lowest BCUT2D eigenvalue weighted by Gasteiger charge is -2.28. The van der Waals surface area contributed by atoms with Gasteiger partial charge in [0.1, 0.15) is 6.54 Å². The van der Waals surface area contributed by atoms with Gasteiger partial charge >= 0.3 is 5.92 Å². The van der Waals surface area contributed by atoms with Crippen molar-refractivity contribution in [3.8, 4) is 11.3 Å². The van der Waals surface area contributed by atoms with Crippen molar-refractivity contribution in [3.05, 3.63) is 52.8 Å². The number of benzene rings is 1. The molecule has 1 aliphatic heterocycles. The predicted molar refractivity (Wildman–Crippen MR) is 137 cm³/mol. The van der Waals surface area contributed by atoms with Crippen molar-refractivity contribution in [1.82, 2.24) is 20.1 Å². The van der Waals surface area contributed by atoms with E-state index in [0.717, 1.165) is 0 Å². The van der Waals surface area contributed by atoms with Crippen molar-refractivity contribution in [3.63, 3.8) is 0 Å². The van der Waals surface area contributed by atoms with Gasteiger partial charge in [-0.05, 0) is 23.6 Å². The van der Waals surface area contributed by atoms with Crippen LogP contribution in [-0.4, -0.2) is 72.6 Å². The number of rotatable bonds is 11. The number of nitrogens with one attached hydrogen (secondary N) is 2. The molecule has 1 atom stereocenters. The lowest BCUT2D eigenvalue weighted by atomic mass is 9.96. The number of nitrogen functional groups attached to an aromatic ring is 1. The van der Waals surface area contributed by atoms with Crippen LogP contribution in [0.1, 0.15) is 20.3 Å². The van der Waals surface area contributed by atoms with Crippen LogP contribution in [0.5, 0.6) is 0 Å². The zero-order chi connectivity index (χ0) is 27.0. The average molecular weight is 520 g/mol. The highest BCUT2D eigenvalue weighted by Crippen LogP contribution is 2.24. The standard InChI is InChI=1S/C26H35F2N5O4/c1-18(2)21(16-26(27,28)25(36)30-10-11-32-12-14-37-15-13-32)31-23(34)17-33-22(9-8-20(29)24(33)35)19-6-4-3-5-7-19/h3-9,18,21H,10-17,29H2,1-2H3,(H,30,36)(H,31,34). The molecular formula is C26H35F2N5O4. The average Bonchev–Trinajstić information content (AvgIpc) is 2.87. The smallest absolute Gasteiger partial charge is 0.326 e. The van der Waals surface area contributed by atoms with E-state index in [0.29, 0.717) is 44.1 Å². The normalized spacial score (nSPS) is 15.4. The molecule has 1 saturated heterocycles. The number of amides is 2. The third-order valence-corrected chi connectivity index (χ3v) is 6.35. The Bertz CT molecular complexity index is 1120. The second-order valence-corrected chi connectivity index (χ2v) is 9.47. The number of carbonyl (C=O) groups is 2. The molecule has 0 aliphatic carbocycles. The molecule has 1 fully saturated rings. The topological polar surface area (TPSA) is 119 Å². The van der Waals surface area contributed by atoms with Crippen LogP contribution in [0.25, 0.3) is 11.3 Å². The quantitative estimate of drug-likeness (QED) is 0.416. The van der Waals surface area contributed by atoms with E-state index in [1.165, 1.54) is 10.6 Å². The first-order valence-corrected chi connectivity index (χ1v) is 12.4. The molecule has 4 N–H and O–H groups in total. The number of halogens is 2. The summed E-state index contributed by atoms with van der Waals surface area (Å²) in [6.07, 6.45) is -0.864. The Hall–Kier alpha value is -3.31. The van der Waals surface area contributed by atoms with Gasteiger partial charge in [-0.2, -0.15) is 8.78 Å². The summed E-state index contributed by atoms with van der Waals surface area (Å²) in [5.74, 6) is -6.08. The molecule has 2 aromatic rings. The van der Waals surface area contributed by atoms with Gasteiger partial charge in [-0.15, -0.1) is 0 Å². The van der Waals surface area contributed by atoms with Crippen LogP contribution in [0, 0.1) is 5.92 Å². The molecular weight excluding hydrogens is 484 g/mol. The minimum atomic E-state index is -3.68. The summed E-state index contributed by atoms with van der Waals surface area (Å²) in [4.78, 5) is 39.9. The summed E-state index contributed by atoms with van der Waals surface area (Å²) in [5.41, 5.74) is 6.37. The van der Waals surface area contributed by atoms with E-state index in [9.17, 15) is 23.2 Å². The van der Waals surface area contributed by atoms with Gasteiger partial charge < -0.3 is 21.1 Å². The highest BCUT2D eigenvalue weighted by atomic mass is 19.3. The summed E-state index contributed by atoms with van der Waals surface area (Å²) in [6, 6.07) is 11.1. The van der Waals surface area contributed by atoms with E-state index in [-0.39, 0.29) is 18.2 Å². The maximum atomic E-state index is 14.8. The third-order valence-electron chi connectivity index (χ3n) is 6.35. The van der Waals surface area contributed by atoms with Crippen molar-refractivity contribution in [2.45, 2.75) is 38.8 Å². The van der Waals surface area contributed by atoms with Crippen molar-refractivity contribution in [1.29, 1.82) is 0 Å². The maximum absolute atomic E-state index is 14.8. The first-order valence-electron chi connectivity index (χ1n) is 12.4. The van der Waals surface area contributed by atoms with E-state index in [4.69, 9.17) is 10.5 Å². The van der Waals surface area contributed by atoms with Crippen LogP contribution in [0.15, 0.2) is 47.3 Å². The van der Waals surface area contributed by atoms with Gasteiger partial charge in [-0.1, -0.05) is 44.2 Å². The number of alkyl halides is 2. The molecule has 202 valence electrons. The fourth-order valence-corrected chi connectivity index (χ4v) is 4.11. The molecule has 1 aromatic heterocycles. The molecule has 2 amide bonds. The molecule has 0 radical (unpaired) electrons. The molecule has 3 rings (SSSR count). The lowest BCUT2D eigenvalue weighted by Crippen LogP contribution is -2.50. The molecule has 0 bridgehead atoms. The highest BCUT2D eigenvalue weighted by Gasteiger charge is 2.42. The summed E-state index contributed by atoms with van der Waals surface area (Å²) in [5, 5.41) is 4.89. The van der Waals surface area contributed by atoms with Crippen LogP contribution in [0.2, 0.25) is 0 Å². The van der Waals surface area contributed by atoms with Gasteiger partial charge in [0.05, 0.1) is 24.6 Å². The number of carbonyl (C=O) groups excluding carboxylic acids is 2. The summed E-state index contributed by atoms with van der Waals surface area (Å²) >= 11 is 0. The minimum absolute atomic E-state index is 0.0341. The van der Waals surface area contributed by atoms with Gasteiger partial charge in [-0.3, -0.25) is 23.9 Å². The van der Waals surface area contributed by atoms with E-state index in [1.54, 1.807) is 44.2 Å². The van der Waals surface area contributed by atoms with Crippen LogP contribution >= 0.6 is 0 Å². The molecule has 1 aromatic carbocycles. The number of hydrogen-bond donors (Lipinski definition) is 3. The maximum Gasteiger partial charge on any atom is 0.326 e. The summed E-state index contributed by atoms with van der Waals surface area (Å²) < 4.78 is 36.1. The largest absolute Gasteiger partial charge is 0.394 e. The van der Waals surface area contributed by atoms with Gasteiger partial charge in [0.2, 0.25) is 5.91 Å². The zero-order valence-electron chi connectivity index (χ0n) is 21.2. The van der Waals surface area contributed by atoms with Crippen LogP contribution in [-0.2, 0) is 20.9 Å². The molecule has 37 heavy (non-hydrogen) atoms. The van der Waals surface area contributed by atoms with Crippen molar-refractivity contribution >= 4 is 17.5 Å². The molecule has 0 saturated carbocycles. The summed E-state index contributed by atoms with van der Waals surface area (Å²) in [6.45, 7) is 6.03. The van der Waals surface area contributed by atoms with E-state index < -0.39 is 42.3 Å². The molecule has 1 unspecified atom stereocenters. The first-order chi connectivity index (χ1) is 17.6. The minimum Gasteiger partial charge on any atom is -0.394 e. The van der Waals surface area contributed by atoms with E-state index in [2.05, 4.69) is 10.6 Å². The molecule has 9 nitrogen and oxygen atoms in total. The second-order valence-electron chi connectivity index (χ2n) is 9.47. The third kappa shape index (κ3) is 7.83. The highest BCUT2D eigenvalue weighted by molar-refractivity contribution is 5.83. The van der Waals surface area contributed by atoms with Crippen LogP contribution in [0.4, 0.5) is 14.5 Å². The van der Waals surface area contributed by atoms with Gasteiger partial charge in [0.25, 0.3) is 11.5 Å². The van der Waals surface area contributed by atoms with Crippen molar-refractivity contribution < 1.29 is 23.1 Å². The Morgan fingerprint density at radius 3 is 2.43 bits per heavy atom. The van der Waals surface area contributed by atoms with Crippen molar-refractivity contribution in [2.24, 2.45) is 5.92 Å². The Labute approximate surface area is 215 Å². The summed E-state index contributed by atoms with van der Waals surface area (Å²) in [7, 11) is 0. The van der Waals surface area contributed by atoms with Gasteiger partial charge in [0.15, 0.2) is 0 Å². The number of nitrogens with two attached hydrogens (primary N) is 1. The molecule has 0 spiro atoms. The predicted octanol–water partition coefficient (Wildman–Crippen LogP) is 1.71. The number of ether oxygens (including phenoxy) is 1. The number of anilines is 1. The Balaban J connectivity index is 1.64. The van der Waals surface area contributed by atoms with E-state index in [1.807, 2.05) is 11.0 Å². The Kier molecular flexibility index (Phi) is 9.76. The SMILES string of the molecule is CC(C)C(CC(F)(F)C(=O)NCCN1CCOCC1)NC(=O)Cn1c(-c2ccccc2)ccc(N)c1=O. The van der Waals surface area contributed by atoms with Gasteiger partial charge in [-0.25, -0.2) is 0 Å². The molecule has 2 heterocycles. The zero-order valence-corrected chi connectivity index (χ0v) is 21.2. The molecule has 11 heteroatoms. The van der Waals surface area contributed by atoms with E-state index >= 15 is 0 Å². The molecule has 1 aliphatic rings. The number of morpholine rings is 1. The fourth-order valence-electron chi connectivity index (χ4n) is 4.11. The Morgan fingerprint density at radius 2 is 1.78 bits per heavy atom. The Morgan fingerprint density at radius 1 is 1.11 bits per heavy atom. The number of nitrogens with zero attached hydrogens (tertiary/aromatic N) is 2. The lowest BCUT2D eigenvalue weighted by molar-refractivity contribution is -0.148. The number of aromatic nitrogens is 1. The monoisotopic (exact) mass is 519 g/mol. The first kappa shape index (κ1) is 28.3. The van der Waals surface area contributed by atoms with Crippen LogP contribution in [0.3, 0.4) is 0 Å². The van der Waals surface area contributed by atoms with Crippen molar-refractivity contribution in [2.75, 3.05) is 45.1 Å². The number of pyridine rings is 1. The van der Waals surface area contributed by atoms with Crippen LogP contribution < -0.4 is 21.9 Å². The van der Waals surface area contributed by atoms with Gasteiger partial charge in [0, 0.05) is 38.6 Å².